The van der Waals surface area contributed by atoms with Crippen LogP contribution in [0.5, 0.6) is 0 Å². The molecule has 0 aromatic carbocycles. The van der Waals surface area contributed by atoms with Crippen molar-refractivity contribution < 1.29 is 30.0 Å². The van der Waals surface area contributed by atoms with E-state index in [-0.39, 0.29) is 24.7 Å². The molecular formula is C18H36O6. The molecule has 0 amide bonds. The third kappa shape index (κ3) is 18.9. The van der Waals surface area contributed by atoms with Gasteiger partial charge in [0.25, 0.3) is 0 Å². The van der Waals surface area contributed by atoms with Crippen molar-refractivity contribution in [2.45, 2.75) is 66.2 Å². The molecule has 0 radical (unpaired) electrons. The van der Waals surface area contributed by atoms with Crippen LogP contribution in [0.2, 0.25) is 0 Å². The Morgan fingerprint density at radius 2 is 1.00 bits per heavy atom. The zero-order valence-electron chi connectivity index (χ0n) is 15.6. The van der Waals surface area contributed by atoms with E-state index in [1.165, 1.54) is 0 Å². The summed E-state index contributed by atoms with van der Waals surface area (Å²) in [5.74, 6) is 0.158. The monoisotopic (exact) mass is 348 g/mol. The zero-order valence-corrected chi connectivity index (χ0v) is 15.6. The van der Waals surface area contributed by atoms with Gasteiger partial charge in [-0.15, -0.1) is 0 Å². The van der Waals surface area contributed by atoms with Crippen molar-refractivity contribution in [3.63, 3.8) is 0 Å². The number of rotatable bonds is 6. The third-order valence-corrected chi connectivity index (χ3v) is 3.65. The largest absolute Gasteiger partial charge is 0.481 e. The van der Waals surface area contributed by atoms with E-state index >= 15 is 0 Å². The number of aliphatic carboxylic acids is 2. The fourth-order valence-electron chi connectivity index (χ4n) is 2.30. The van der Waals surface area contributed by atoms with Crippen LogP contribution in [0.1, 0.15) is 66.2 Å². The number of carbonyl (C=O) groups is 2. The molecule has 1 fully saturated rings. The highest BCUT2D eigenvalue weighted by Crippen LogP contribution is 2.27. The quantitative estimate of drug-likeness (QED) is 0.586. The van der Waals surface area contributed by atoms with Crippen molar-refractivity contribution in [2.75, 3.05) is 13.2 Å². The minimum absolute atomic E-state index is 0.275. The number of aliphatic hydroxyl groups excluding tert-OH is 2. The Hall–Kier alpha value is -1.14. The lowest BCUT2D eigenvalue weighted by Crippen LogP contribution is -2.19. The Kier molecular flexibility index (Phi) is 16.1. The van der Waals surface area contributed by atoms with Gasteiger partial charge in [0, 0.05) is 26.1 Å². The molecule has 0 bridgehead atoms. The lowest BCUT2D eigenvalue weighted by atomic mass is 9.83. The second kappa shape index (κ2) is 15.4. The molecule has 0 spiro atoms. The topological polar surface area (TPSA) is 115 Å². The van der Waals surface area contributed by atoms with Crippen LogP contribution in [0.25, 0.3) is 0 Å². The van der Waals surface area contributed by atoms with Crippen LogP contribution in [0.3, 0.4) is 0 Å². The molecule has 4 N–H and O–H groups in total. The number of carboxylic acids is 2. The minimum atomic E-state index is -0.713. The Balaban J connectivity index is 0. The summed E-state index contributed by atoms with van der Waals surface area (Å²) in [5.41, 5.74) is 0. The molecular weight excluding hydrogens is 312 g/mol. The normalized spacial score (nSPS) is 19.8. The molecule has 1 saturated carbocycles. The lowest BCUT2D eigenvalue weighted by Gasteiger charge is -2.25. The average molecular weight is 348 g/mol. The Labute approximate surface area is 145 Å². The van der Waals surface area contributed by atoms with E-state index in [9.17, 15) is 9.59 Å². The van der Waals surface area contributed by atoms with E-state index in [2.05, 4.69) is 0 Å². The SMILES string of the molecule is CC(C)CC(=O)O.CC(C)CC(=O)O.OCC1CCC(CO)CC1. The predicted octanol–water partition coefficient (Wildman–Crippen LogP) is 3.01. The summed E-state index contributed by atoms with van der Waals surface area (Å²) >= 11 is 0. The maximum absolute atomic E-state index is 9.81. The van der Waals surface area contributed by atoms with Crippen LogP contribution in [-0.2, 0) is 9.59 Å². The van der Waals surface area contributed by atoms with Gasteiger partial charge in [0.2, 0.25) is 0 Å². The molecule has 6 heteroatoms. The van der Waals surface area contributed by atoms with Crippen LogP contribution in [0.15, 0.2) is 0 Å². The molecule has 0 heterocycles. The van der Waals surface area contributed by atoms with Crippen molar-refractivity contribution in [3.05, 3.63) is 0 Å². The van der Waals surface area contributed by atoms with Gasteiger partial charge in [0.1, 0.15) is 0 Å². The Morgan fingerprint density at radius 3 is 1.08 bits per heavy atom. The lowest BCUT2D eigenvalue weighted by molar-refractivity contribution is -0.138. The van der Waals surface area contributed by atoms with Gasteiger partial charge < -0.3 is 20.4 Å². The van der Waals surface area contributed by atoms with E-state index in [1.807, 2.05) is 27.7 Å². The van der Waals surface area contributed by atoms with Gasteiger partial charge in [0.05, 0.1) is 0 Å². The number of aliphatic hydroxyl groups is 2. The number of hydrogen-bond donors (Lipinski definition) is 4. The van der Waals surface area contributed by atoms with E-state index in [0.29, 0.717) is 25.0 Å². The molecule has 1 rings (SSSR count). The van der Waals surface area contributed by atoms with Gasteiger partial charge in [-0.25, -0.2) is 0 Å². The zero-order chi connectivity index (χ0) is 19.1. The molecule has 6 nitrogen and oxygen atoms in total. The van der Waals surface area contributed by atoms with Gasteiger partial charge in [0.15, 0.2) is 0 Å². The van der Waals surface area contributed by atoms with Crippen molar-refractivity contribution in [3.8, 4) is 0 Å². The first-order chi connectivity index (χ1) is 11.1. The predicted molar refractivity (Wildman–Crippen MR) is 93.8 cm³/mol. The fraction of sp³-hybridized carbons (Fsp3) is 0.889. The summed E-state index contributed by atoms with van der Waals surface area (Å²) in [6, 6.07) is 0. The second-order valence-electron chi connectivity index (χ2n) is 7.24. The maximum Gasteiger partial charge on any atom is 0.303 e. The first-order valence-electron chi connectivity index (χ1n) is 8.77. The highest BCUT2D eigenvalue weighted by atomic mass is 16.4. The van der Waals surface area contributed by atoms with Crippen molar-refractivity contribution >= 4 is 11.9 Å². The van der Waals surface area contributed by atoms with E-state index in [1.54, 1.807) is 0 Å². The summed E-state index contributed by atoms with van der Waals surface area (Å²) in [4.78, 5) is 19.6. The third-order valence-electron chi connectivity index (χ3n) is 3.65. The first-order valence-corrected chi connectivity index (χ1v) is 8.77. The smallest absolute Gasteiger partial charge is 0.303 e. The van der Waals surface area contributed by atoms with Gasteiger partial charge in [-0.3, -0.25) is 9.59 Å². The minimum Gasteiger partial charge on any atom is -0.481 e. The summed E-state index contributed by atoms with van der Waals surface area (Å²) < 4.78 is 0. The molecule has 144 valence electrons. The molecule has 1 aliphatic carbocycles. The average Bonchev–Trinajstić information content (AvgIpc) is 2.45. The summed E-state index contributed by atoms with van der Waals surface area (Å²) in [6.07, 6.45) is 4.95. The van der Waals surface area contributed by atoms with Gasteiger partial charge in [-0.1, -0.05) is 27.7 Å². The summed E-state index contributed by atoms with van der Waals surface area (Å²) in [6.45, 7) is 8.20. The molecule has 0 unspecified atom stereocenters. The number of carboxylic acid groups (broad SMARTS) is 2. The van der Waals surface area contributed by atoms with Crippen LogP contribution >= 0.6 is 0 Å². The van der Waals surface area contributed by atoms with Gasteiger partial charge >= 0.3 is 11.9 Å². The molecule has 1 aliphatic rings. The van der Waals surface area contributed by atoms with Crippen molar-refractivity contribution in [1.82, 2.24) is 0 Å². The maximum atomic E-state index is 9.81. The van der Waals surface area contributed by atoms with E-state index in [0.717, 1.165) is 25.7 Å². The van der Waals surface area contributed by atoms with Gasteiger partial charge in [-0.2, -0.15) is 0 Å². The van der Waals surface area contributed by atoms with Crippen LogP contribution in [-0.4, -0.2) is 45.6 Å². The highest BCUT2D eigenvalue weighted by Gasteiger charge is 2.19. The van der Waals surface area contributed by atoms with E-state index < -0.39 is 11.9 Å². The molecule has 0 saturated heterocycles. The summed E-state index contributed by atoms with van der Waals surface area (Å²) in [7, 11) is 0. The molecule has 0 atom stereocenters. The molecule has 0 aliphatic heterocycles. The Morgan fingerprint density at radius 1 is 0.750 bits per heavy atom. The molecule has 24 heavy (non-hydrogen) atoms. The Bertz CT molecular complexity index is 287. The standard InChI is InChI=1S/C8H16O2.2C5H10O2/c9-5-7-1-2-8(6-10)4-3-7;2*1-4(2)3-5(6)7/h7-10H,1-6H2;2*4H,3H2,1-2H3,(H,6,7). The molecule has 0 aromatic rings. The molecule has 0 aromatic heterocycles. The highest BCUT2D eigenvalue weighted by molar-refractivity contribution is 5.67. The van der Waals surface area contributed by atoms with Crippen LogP contribution in [0, 0.1) is 23.7 Å². The van der Waals surface area contributed by atoms with Crippen LogP contribution in [0.4, 0.5) is 0 Å². The van der Waals surface area contributed by atoms with Gasteiger partial charge in [-0.05, 0) is 49.4 Å². The van der Waals surface area contributed by atoms with Crippen molar-refractivity contribution in [1.29, 1.82) is 0 Å². The summed E-state index contributed by atoms with van der Waals surface area (Å²) in [5, 5.41) is 33.7. The van der Waals surface area contributed by atoms with Crippen molar-refractivity contribution in [2.24, 2.45) is 23.7 Å². The first kappa shape index (κ1) is 25.1. The van der Waals surface area contributed by atoms with Crippen LogP contribution < -0.4 is 0 Å². The fourth-order valence-corrected chi connectivity index (χ4v) is 2.30. The van der Waals surface area contributed by atoms with E-state index in [4.69, 9.17) is 20.4 Å². The second-order valence-corrected chi connectivity index (χ2v) is 7.24. The number of hydrogen-bond acceptors (Lipinski definition) is 4.